The lowest BCUT2D eigenvalue weighted by Gasteiger charge is -2.19. The molecule has 4 heteroatoms. The van der Waals surface area contributed by atoms with Gasteiger partial charge in [0.1, 0.15) is 0 Å². The van der Waals surface area contributed by atoms with E-state index in [1.165, 1.54) is 0 Å². The second-order valence-corrected chi connectivity index (χ2v) is 5.04. The Morgan fingerprint density at radius 1 is 1.33 bits per heavy atom. The average molecular weight is 266 g/mol. The molecule has 0 spiro atoms. The van der Waals surface area contributed by atoms with Crippen molar-refractivity contribution in [1.82, 2.24) is 0 Å². The fraction of sp³-hybridized carbons (Fsp3) is 0.500. The Kier molecular flexibility index (Phi) is 3.98. The highest BCUT2D eigenvalue weighted by atomic mass is 35.5. The fourth-order valence-corrected chi connectivity index (χ4v) is 2.49. The molecule has 1 heterocycles. The summed E-state index contributed by atoms with van der Waals surface area (Å²) in [7, 11) is 0. The molecule has 96 valence electrons. The third-order valence-electron chi connectivity index (χ3n) is 2.94. The summed E-state index contributed by atoms with van der Waals surface area (Å²) < 4.78 is 11.5. The van der Waals surface area contributed by atoms with Gasteiger partial charge in [-0.05, 0) is 17.5 Å². The third-order valence-corrected chi connectivity index (χ3v) is 3.22. The smallest absolute Gasteiger partial charge is 0.180 e. The van der Waals surface area contributed by atoms with Gasteiger partial charge in [0.25, 0.3) is 0 Å². The van der Waals surface area contributed by atoms with Crippen LogP contribution in [0.4, 0.5) is 0 Å². The molecule has 0 radical (unpaired) electrons. The summed E-state index contributed by atoms with van der Waals surface area (Å²) in [5.41, 5.74) is 1.97. The van der Waals surface area contributed by atoms with Crippen molar-refractivity contribution in [3.63, 3.8) is 0 Å². The minimum absolute atomic E-state index is 0.265. The first-order valence-electron chi connectivity index (χ1n) is 6.13. The summed E-state index contributed by atoms with van der Waals surface area (Å²) in [6.07, 6.45) is 1.18. The number of fused-ring (bicyclic) bond motifs is 1. The number of hydrogen-bond donors (Lipinski definition) is 0. The van der Waals surface area contributed by atoms with Crippen molar-refractivity contribution < 1.29 is 9.47 Å². The van der Waals surface area contributed by atoms with E-state index in [0.717, 1.165) is 23.3 Å². The normalized spacial score (nSPS) is 14.2. The molecule has 0 N–H and O–H groups in total. The van der Waals surface area contributed by atoms with E-state index in [2.05, 4.69) is 19.9 Å². The van der Waals surface area contributed by atoms with Crippen LogP contribution in [-0.4, -0.2) is 13.2 Å². The third kappa shape index (κ3) is 2.39. The highest BCUT2D eigenvalue weighted by molar-refractivity contribution is 6.32. The van der Waals surface area contributed by atoms with Gasteiger partial charge in [-0.3, -0.25) is 0 Å². The lowest BCUT2D eigenvalue weighted by molar-refractivity contribution is 0.296. The van der Waals surface area contributed by atoms with Gasteiger partial charge in [-0.25, -0.2) is 0 Å². The van der Waals surface area contributed by atoms with E-state index in [1.807, 2.05) is 6.07 Å². The zero-order valence-electron chi connectivity index (χ0n) is 10.6. The van der Waals surface area contributed by atoms with Crippen LogP contribution in [0.5, 0.6) is 11.5 Å². The van der Waals surface area contributed by atoms with Crippen LogP contribution in [0, 0.1) is 11.3 Å². The Labute approximate surface area is 112 Å². The highest BCUT2D eigenvalue weighted by Crippen LogP contribution is 2.44. The second-order valence-electron chi connectivity index (χ2n) is 4.63. The Morgan fingerprint density at radius 3 is 2.61 bits per heavy atom. The number of ether oxygens (including phenoxy) is 2. The van der Waals surface area contributed by atoms with Crippen LogP contribution in [-0.2, 0) is 6.42 Å². The number of rotatable bonds is 2. The van der Waals surface area contributed by atoms with Crippen molar-refractivity contribution in [2.24, 2.45) is 0 Å². The quantitative estimate of drug-likeness (QED) is 0.819. The number of nitriles is 1. The molecule has 0 unspecified atom stereocenters. The van der Waals surface area contributed by atoms with Crippen molar-refractivity contribution in [3.8, 4) is 17.6 Å². The summed E-state index contributed by atoms with van der Waals surface area (Å²) in [5.74, 6) is 1.61. The largest absolute Gasteiger partial charge is 0.489 e. The molecule has 0 saturated carbocycles. The average Bonchev–Trinajstić information content (AvgIpc) is 2.55. The molecule has 0 atom stereocenters. The van der Waals surface area contributed by atoms with E-state index in [9.17, 15) is 0 Å². The van der Waals surface area contributed by atoms with Crippen molar-refractivity contribution in [1.29, 1.82) is 5.26 Å². The molecule has 1 aliphatic heterocycles. The molecular formula is C14H16ClNO2. The van der Waals surface area contributed by atoms with Crippen LogP contribution in [0.25, 0.3) is 0 Å². The van der Waals surface area contributed by atoms with Crippen molar-refractivity contribution in [3.05, 3.63) is 22.2 Å². The first-order valence-corrected chi connectivity index (χ1v) is 6.50. The Morgan fingerprint density at radius 2 is 2.00 bits per heavy atom. The molecule has 18 heavy (non-hydrogen) atoms. The van der Waals surface area contributed by atoms with Crippen molar-refractivity contribution >= 4 is 11.6 Å². The molecule has 0 bridgehead atoms. The second kappa shape index (κ2) is 5.49. The van der Waals surface area contributed by atoms with Gasteiger partial charge in [0.15, 0.2) is 11.5 Å². The molecule has 3 nitrogen and oxygen atoms in total. The van der Waals surface area contributed by atoms with E-state index in [-0.39, 0.29) is 5.92 Å². The highest BCUT2D eigenvalue weighted by Gasteiger charge is 2.23. The lowest BCUT2D eigenvalue weighted by atomic mass is 9.94. The fourth-order valence-electron chi connectivity index (χ4n) is 2.22. The summed E-state index contributed by atoms with van der Waals surface area (Å²) in [4.78, 5) is 0. The van der Waals surface area contributed by atoms with Crippen LogP contribution < -0.4 is 9.47 Å². The summed E-state index contributed by atoms with van der Waals surface area (Å²) in [6, 6.07) is 4.00. The monoisotopic (exact) mass is 265 g/mol. The van der Waals surface area contributed by atoms with Gasteiger partial charge in [0, 0.05) is 12.0 Å². The van der Waals surface area contributed by atoms with Gasteiger partial charge in [0.05, 0.1) is 30.7 Å². The Bertz CT molecular complexity index is 492. The number of benzene rings is 1. The van der Waals surface area contributed by atoms with Crippen LogP contribution in [0.1, 0.15) is 37.3 Å². The first-order chi connectivity index (χ1) is 8.65. The maximum absolute atomic E-state index is 8.91. The minimum Gasteiger partial charge on any atom is -0.489 e. The van der Waals surface area contributed by atoms with E-state index in [1.54, 1.807) is 0 Å². The van der Waals surface area contributed by atoms with E-state index >= 15 is 0 Å². The molecule has 0 aliphatic carbocycles. The maximum atomic E-state index is 8.91. The Hall–Kier alpha value is -1.40. The van der Waals surface area contributed by atoms with E-state index < -0.39 is 0 Å². The van der Waals surface area contributed by atoms with Crippen LogP contribution in [0.3, 0.4) is 0 Å². The predicted octanol–water partition coefficient (Wildman–Crippen LogP) is 3.69. The molecule has 2 rings (SSSR count). The Balaban J connectivity index is 2.62. The first kappa shape index (κ1) is 13.0. The summed E-state index contributed by atoms with van der Waals surface area (Å²) in [6.45, 7) is 5.40. The molecule has 1 aromatic rings. The molecule has 0 saturated heterocycles. The molecule has 0 aromatic heterocycles. The number of halogens is 1. The van der Waals surface area contributed by atoms with Crippen LogP contribution in [0.2, 0.25) is 5.02 Å². The van der Waals surface area contributed by atoms with Gasteiger partial charge in [-0.15, -0.1) is 0 Å². The maximum Gasteiger partial charge on any atom is 0.180 e. The minimum atomic E-state index is 0.265. The standard InChI is InChI=1S/C14H16ClNO2/c1-9(2)12-10(4-5-16)8-11(15)13-14(12)18-7-3-6-17-13/h8-9H,3-4,6-7H2,1-2H3. The molecule has 1 aromatic carbocycles. The van der Waals surface area contributed by atoms with Crippen LogP contribution in [0.15, 0.2) is 6.07 Å². The van der Waals surface area contributed by atoms with Gasteiger partial charge in [-0.1, -0.05) is 25.4 Å². The van der Waals surface area contributed by atoms with E-state index in [0.29, 0.717) is 30.4 Å². The van der Waals surface area contributed by atoms with Crippen molar-refractivity contribution in [2.45, 2.75) is 32.6 Å². The number of hydrogen-bond acceptors (Lipinski definition) is 3. The van der Waals surface area contributed by atoms with Gasteiger partial charge in [-0.2, -0.15) is 5.26 Å². The topological polar surface area (TPSA) is 42.2 Å². The molecule has 0 fully saturated rings. The zero-order valence-corrected chi connectivity index (χ0v) is 11.4. The summed E-state index contributed by atoms with van der Waals surface area (Å²) in [5, 5.41) is 9.44. The molecule has 1 aliphatic rings. The number of nitrogens with zero attached hydrogens (tertiary/aromatic N) is 1. The molecular weight excluding hydrogens is 250 g/mol. The van der Waals surface area contributed by atoms with Gasteiger partial charge in [0.2, 0.25) is 0 Å². The van der Waals surface area contributed by atoms with Gasteiger partial charge < -0.3 is 9.47 Å². The molecule has 0 amide bonds. The predicted molar refractivity (Wildman–Crippen MR) is 70.5 cm³/mol. The zero-order chi connectivity index (χ0) is 13.1. The lowest BCUT2D eigenvalue weighted by Crippen LogP contribution is -2.03. The SMILES string of the molecule is CC(C)c1c(CC#N)cc(Cl)c2c1OCCCO2. The van der Waals surface area contributed by atoms with Crippen molar-refractivity contribution in [2.75, 3.05) is 13.2 Å². The van der Waals surface area contributed by atoms with Gasteiger partial charge >= 0.3 is 0 Å². The van der Waals surface area contributed by atoms with E-state index in [4.69, 9.17) is 26.3 Å². The summed E-state index contributed by atoms with van der Waals surface area (Å²) >= 11 is 6.22. The van der Waals surface area contributed by atoms with Crippen LogP contribution >= 0.6 is 11.6 Å².